The van der Waals surface area contributed by atoms with Gasteiger partial charge in [-0.25, -0.2) is 0 Å². The van der Waals surface area contributed by atoms with Gasteiger partial charge in [0.2, 0.25) is 0 Å². The number of ketones is 1. The average molecular weight is 168 g/mol. The molecule has 2 aliphatic carbocycles. The van der Waals surface area contributed by atoms with Gasteiger partial charge in [-0.2, -0.15) is 0 Å². The molecule has 2 aliphatic rings. The molecule has 0 aromatic heterocycles. The van der Waals surface area contributed by atoms with E-state index in [1.165, 1.54) is 0 Å². The van der Waals surface area contributed by atoms with Gasteiger partial charge < -0.3 is 5.11 Å². The van der Waals surface area contributed by atoms with Crippen molar-refractivity contribution >= 4 is 5.78 Å². The Morgan fingerprint density at radius 1 is 1.17 bits per heavy atom. The standard InChI is InChI=1S/C10H16O2/c11-8-5-1-3-7-4-2-6-9(12)10(7)8/h7-8,10-11H,1-6H2/t7-,8+,10+/m0/s1. The molecular formula is C10H16O2. The third kappa shape index (κ3) is 1.28. The number of aliphatic hydroxyl groups excluding tert-OH is 1. The fourth-order valence-corrected chi connectivity index (χ4v) is 2.77. The average Bonchev–Trinajstić information content (AvgIpc) is 2.04. The summed E-state index contributed by atoms with van der Waals surface area (Å²) < 4.78 is 0. The molecule has 68 valence electrons. The van der Waals surface area contributed by atoms with Gasteiger partial charge >= 0.3 is 0 Å². The van der Waals surface area contributed by atoms with E-state index in [0.717, 1.165) is 32.1 Å². The molecule has 2 fully saturated rings. The second kappa shape index (κ2) is 3.17. The number of rotatable bonds is 0. The zero-order chi connectivity index (χ0) is 8.55. The van der Waals surface area contributed by atoms with Crippen molar-refractivity contribution < 1.29 is 9.90 Å². The third-order valence-electron chi connectivity index (χ3n) is 3.37. The van der Waals surface area contributed by atoms with Crippen molar-refractivity contribution in [1.29, 1.82) is 0 Å². The molecule has 0 bridgehead atoms. The van der Waals surface area contributed by atoms with E-state index < -0.39 is 0 Å². The molecule has 0 aliphatic heterocycles. The Morgan fingerprint density at radius 2 is 1.92 bits per heavy atom. The van der Waals surface area contributed by atoms with Crippen LogP contribution in [0.3, 0.4) is 0 Å². The van der Waals surface area contributed by atoms with Crippen molar-refractivity contribution in [3.8, 4) is 0 Å². The summed E-state index contributed by atoms with van der Waals surface area (Å²) in [5.74, 6) is 0.834. The monoisotopic (exact) mass is 168 g/mol. The number of fused-ring (bicyclic) bond motifs is 1. The van der Waals surface area contributed by atoms with E-state index >= 15 is 0 Å². The molecule has 0 amide bonds. The first-order valence-corrected chi connectivity index (χ1v) is 5.00. The van der Waals surface area contributed by atoms with E-state index in [0.29, 0.717) is 18.1 Å². The van der Waals surface area contributed by atoms with E-state index in [4.69, 9.17) is 0 Å². The number of hydrogen-bond acceptors (Lipinski definition) is 2. The Morgan fingerprint density at radius 3 is 2.67 bits per heavy atom. The lowest BCUT2D eigenvalue weighted by Gasteiger charge is -2.37. The normalized spacial score (nSPS) is 42.4. The Balaban J connectivity index is 2.12. The minimum atomic E-state index is -0.323. The van der Waals surface area contributed by atoms with Gasteiger partial charge in [0.1, 0.15) is 5.78 Å². The quantitative estimate of drug-likeness (QED) is 0.595. The zero-order valence-electron chi connectivity index (χ0n) is 7.33. The van der Waals surface area contributed by atoms with Crippen LogP contribution in [0.1, 0.15) is 38.5 Å². The van der Waals surface area contributed by atoms with Gasteiger partial charge in [-0.05, 0) is 31.6 Å². The Hall–Kier alpha value is -0.370. The van der Waals surface area contributed by atoms with E-state index in [1.54, 1.807) is 0 Å². The molecule has 0 aromatic rings. The van der Waals surface area contributed by atoms with Gasteiger partial charge in [-0.15, -0.1) is 0 Å². The molecule has 0 radical (unpaired) electrons. The first-order valence-electron chi connectivity index (χ1n) is 5.00. The molecule has 2 heteroatoms. The van der Waals surface area contributed by atoms with Gasteiger partial charge in [0, 0.05) is 12.3 Å². The summed E-state index contributed by atoms with van der Waals surface area (Å²) in [6, 6.07) is 0. The summed E-state index contributed by atoms with van der Waals surface area (Å²) in [6.45, 7) is 0. The predicted octanol–water partition coefficient (Wildman–Crippen LogP) is 1.52. The van der Waals surface area contributed by atoms with Gasteiger partial charge in [0.05, 0.1) is 6.10 Å². The minimum Gasteiger partial charge on any atom is -0.392 e. The highest BCUT2D eigenvalue weighted by Crippen LogP contribution is 2.38. The van der Waals surface area contributed by atoms with Crippen LogP contribution >= 0.6 is 0 Å². The van der Waals surface area contributed by atoms with E-state index in [1.807, 2.05) is 0 Å². The van der Waals surface area contributed by atoms with Crippen molar-refractivity contribution in [3.63, 3.8) is 0 Å². The third-order valence-corrected chi connectivity index (χ3v) is 3.37. The highest BCUT2D eigenvalue weighted by Gasteiger charge is 2.38. The van der Waals surface area contributed by atoms with Crippen molar-refractivity contribution in [2.75, 3.05) is 0 Å². The maximum absolute atomic E-state index is 11.5. The molecule has 0 unspecified atom stereocenters. The molecule has 3 atom stereocenters. The van der Waals surface area contributed by atoms with Crippen LogP contribution in [-0.4, -0.2) is 17.0 Å². The Bertz CT molecular complexity index is 186. The molecule has 2 rings (SSSR count). The number of hydrogen-bond donors (Lipinski definition) is 1. The van der Waals surface area contributed by atoms with Gasteiger partial charge in [0.15, 0.2) is 0 Å². The lowest BCUT2D eigenvalue weighted by molar-refractivity contribution is -0.133. The fraction of sp³-hybridized carbons (Fsp3) is 0.900. The van der Waals surface area contributed by atoms with Crippen LogP contribution in [0.2, 0.25) is 0 Å². The number of carbonyl (C=O) groups is 1. The molecule has 12 heavy (non-hydrogen) atoms. The van der Waals surface area contributed by atoms with Crippen LogP contribution in [0.4, 0.5) is 0 Å². The maximum Gasteiger partial charge on any atom is 0.138 e. The molecular weight excluding hydrogens is 152 g/mol. The SMILES string of the molecule is O=C1CCC[C@@H]2CCC[C@@H](O)[C@H]12. The highest BCUT2D eigenvalue weighted by molar-refractivity contribution is 5.82. The fourth-order valence-electron chi connectivity index (χ4n) is 2.77. The lowest BCUT2D eigenvalue weighted by Crippen LogP contribution is -2.40. The lowest BCUT2D eigenvalue weighted by atomic mass is 9.69. The van der Waals surface area contributed by atoms with Crippen LogP contribution in [-0.2, 0) is 4.79 Å². The Kier molecular flexibility index (Phi) is 2.18. The summed E-state index contributed by atoms with van der Waals surface area (Å²) >= 11 is 0. The molecule has 2 nitrogen and oxygen atoms in total. The molecule has 0 spiro atoms. The first-order chi connectivity index (χ1) is 5.79. The predicted molar refractivity (Wildman–Crippen MR) is 45.7 cm³/mol. The van der Waals surface area contributed by atoms with E-state index in [9.17, 15) is 9.90 Å². The number of aliphatic hydroxyl groups is 1. The second-order valence-electron chi connectivity index (χ2n) is 4.14. The molecule has 0 heterocycles. The van der Waals surface area contributed by atoms with Crippen LogP contribution in [0, 0.1) is 11.8 Å². The van der Waals surface area contributed by atoms with Crippen molar-refractivity contribution in [3.05, 3.63) is 0 Å². The first kappa shape index (κ1) is 8.24. The van der Waals surface area contributed by atoms with Gasteiger partial charge in [0.25, 0.3) is 0 Å². The molecule has 0 saturated heterocycles. The maximum atomic E-state index is 11.5. The van der Waals surface area contributed by atoms with Crippen LogP contribution < -0.4 is 0 Å². The van der Waals surface area contributed by atoms with Gasteiger partial charge in [-0.3, -0.25) is 4.79 Å². The largest absolute Gasteiger partial charge is 0.392 e. The summed E-state index contributed by atoms with van der Waals surface area (Å²) in [5, 5.41) is 9.65. The molecule has 1 N–H and O–H groups in total. The van der Waals surface area contributed by atoms with E-state index in [2.05, 4.69) is 0 Å². The minimum absolute atomic E-state index is 0.00694. The number of carbonyl (C=O) groups excluding carboxylic acids is 1. The summed E-state index contributed by atoms with van der Waals surface area (Å²) in [7, 11) is 0. The topological polar surface area (TPSA) is 37.3 Å². The zero-order valence-corrected chi connectivity index (χ0v) is 7.33. The van der Waals surface area contributed by atoms with Crippen molar-refractivity contribution in [2.24, 2.45) is 11.8 Å². The van der Waals surface area contributed by atoms with Crippen LogP contribution in [0.15, 0.2) is 0 Å². The van der Waals surface area contributed by atoms with Crippen LogP contribution in [0.5, 0.6) is 0 Å². The van der Waals surface area contributed by atoms with Crippen molar-refractivity contribution in [2.45, 2.75) is 44.6 Å². The summed E-state index contributed by atoms with van der Waals surface area (Å²) in [6.07, 6.45) is 5.70. The molecule has 0 aromatic carbocycles. The second-order valence-corrected chi connectivity index (χ2v) is 4.14. The smallest absolute Gasteiger partial charge is 0.138 e. The van der Waals surface area contributed by atoms with Crippen molar-refractivity contribution in [1.82, 2.24) is 0 Å². The van der Waals surface area contributed by atoms with Crippen LogP contribution in [0.25, 0.3) is 0 Å². The summed E-state index contributed by atoms with van der Waals surface area (Å²) in [4.78, 5) is 11.5. The van der Waals surface area contributed by atoms with Gasteiger partial charge in [-0.1, -0.05) is 6.42 Å². The highest BCUT2D eigenvalue weighted by atomic mass is 16.3. The Labute approximate surface area is 73.0 Å². The van der Waals surface area contributed by atoms with E-state index in [-0.39, 0.29) is 12.0 Å². The summed E-state index contributed by atoms with van der Waals surface area (Å²) in [5.41, 5.74) is 0. The molecule has 2 saturated carbocycles. The number of Topliss-reactive ketones (excluding diaryl/α,β-unsaturated/α-hetero) is 1.